The molecule has 0 saturated heterocycles. The van der Waals surface area contributed by atoms with E-state index in [0.29, 0.717) is 11.3 Å². The van der Waals surface area contributed by atoms with Crippen LogP contribution in [0.1, 0.15) is 12.5 Å². The molecule has 0 saturated carbocycles. The van der Waals surface area contributed by atoms with E-state index in [2.05, 4.69) is 0 Å². The van der Waals surface area contributed by atoms with Crippen molar-refractivity contribution in [2.45, 2.75) is 18.7 Å². The minimum Gasteiger partial charge on any atom is -0.493 e. The van der Waals surface area contributed by atoms with Crippen molar-refractivity contribution in [3.8, 4) is 11.5 Å². The Hall–Kier alpha value is -1.80. The molecule has 0 aliphatic heterocycles. The molecule has 0 amide bonds. The number of carboxylic acids is 1. The quantitative estimate of drug-likeness (QED) is 0.809. The van der Waals surface area contributed by atoms with Gasteiger partial charge in [-0.05, 0) is 18.6 Å². The lowest BCUT2D eigenvalue weighted by Gasteiger charge is -2.20. The molecule has 0 aromatic heterocycles. The van der Waals surface area contributed by atoms with Gasteiger partial charge in [-0.15, -0.1) is 0 Å². The number of benzene rings is 1. The van der Waals surface area contributed by atoms with E-state index in [1.165, 1.54) is 20.3 Å². The summed E-state index contributed by atoms with van der Waals surface area (Å²) < 4.78 is 36.2. The van der Waals surface area contributed by atoms with Gasteiger partial charge in [0.15, 0.2) is 11.5 Å². The molecule has 1 aromatic rings. The number of hydrogen-bond acceptors (Lipinski definition) is 5. The van der Waals surface area contributed by atoms with Crippen LogP contribution >= 0.6 is 0 Å². The number of methoxy groups -OCH3 is 2. The summed E-state index contributed by atoms with van der Waals surface area (Å²) in [5.41, 5.74) is 0.455. The molecule has 0 radical (unpaired) electrons. The maximum Gasteiger partial charge on any atom is 0.318 e. The van der Waals surface area contributed by atoms with Gasteiger partial charge in [0, 0.05) is 12.6 Å². The van der Waals surface area contributed by atoms with Crippen molar-refractivity contribution in [3.63, 3.8) is 0 Å². The van der Waals surface area contributed by atoms with Gasteiger partial charge >= 0.3 is 5.97 Å². The molecular weight excluding hydrogens is 298 g/mol. The summed E-state index contributed by atoms with van der Waals surface area (Å²) in [7, 11) is -1.06. The highest BCUT2D eigenvalue weighted by Gasteiger charge is 2.28. The maximum absolute atomic E-state index is 12.6. The Morgan fingerprint density at radius 2 is 1.76 bits per heavy atom. The summed E-state index contributed by atoms with van der Waals surface area (Å²) in [6.07, 6.45) is 0. The molecule has 1 N–H and O–H groups in total. The van der Waals surface area contributed by atoms with Crippen LogP contribution in [-0.4, -0.2) is 51.1 Å². The number of carboxylic acid groups (broad SMARTS) is 1. The van der Waals surface area contributed by atoms with Gasteiger partial charge in [-0.2, -0.15) is 4.31 Å². The van der Waals surface area contributed by atoms with Gasteiger partial charge in [-0.3, -0.25) is 4.79 Å². The van der Waals surface area contributed by atoms with Crippen LogP contribution < -0.4 is 9.47 Å². The zero-order chi connectivity index (χ0) is 16.2. The van der Waals surface area contributed by atoms with Gasteiger partial charge in [-0.1, -0.05) is 6.92 Å². The fourth-order valence-corrected chi connectivity index (χ4v) is 3.52. The average molecular weight is 317 g/mol. The third-order valence-corrected chi connectivity index (χ3v) is 5.03. The van der Waals surface area contributed by atoms with E-state index in [1.54, 1.807) is 19.9 Å². The van der Waals surface area contributed by atoms with Crippen molar-refractivity contribution in [2.75, 3.05) is 27.3 Å². The van der Waals surface area contributed by atoms with E-state index in [4.69, 9.17) is 14.6 Å². The van der Waals surface area contributed by atoms with Gasteiger partial charge in [-0.25, -0.2) is 8.42 Å². The fraction of sp³-hybridized carbons (Fsp3) is 0.462. The lowest BCUT2D eigenvalue weighted by Crippen LogP contribution is -2.35. The van der Waals surface area contributed by atoms with Crippen molar-refractivity contribution in [1.82, 2.24) is 4.31 Å². The number of hydrogen-bond donors (Lipinski definition) is 1. The molecule has 0 bridgehead atoms. The number of aryl methyl sites for hydroxylation is 1. The monoisotopic (exact) mass is 317 g/mol. The number of aliphatic carboxylic acids is 1. The third-order valence-electron chi connectivity index (χ3n) is 2.96. The van der Waals surface area contributed by atoms with Crippen LogP contribution in [0.15, 0.2) is 17.0 Å². The van der Waals surface area contributed by atoms with Gasteiger partial charge in [0.2, 0.25) is 10.0 Å². The Labute approximate surface area is 124 Å². The Kier molecular flexibility index (Phi) is 5.56. The lowest BCUT2D eigenvalue weighted by atomic mass is 10.2. The van der Waals surface area contributed by atoms with E-state index >= 15 is 0 Å². The van der Waals surface area contributed by atoms with Gasteiger partial charge < -0.3 is 14.6 Å². The van der Waals surface area contributed by atoms with Crippen LogP contribution in [0.3, 0.4) is 0 Å². The topological polar surface area (TPSA) is 93.1 Å². The van der Waals surface area contributed by atoms with Crippen molar-refractivity contribution in [1.29, 1.82) is 0 Å². The molecule has 8 heteroatoms. The molecule has 7 nitrogen and oxygen atoms in total. The van der Waals surface area contributed by atoms with E-state index in [-0.39, 0.29) is 17.2 Å². The molecule has 1 rings (SSSR count). The summed E-state index contributed by atoms with van der Waals surface area (Å²) >= 11 is 0. The smallest absolute Gasteiger partial charge is 0.318 e. The number of nitrogens with zero attached hydrogens (tertiary/aromatic N) is 1. The highest BCUT2D eigenvalue weighted by Crippen LogP contribution is 2.33. The zero-order valence-electron chi connectivity index (χ0n) is 12.4. The minimum atomic E-state index is -3.92. The number of carbonyl (C=O) groups is 1. The normalized spacial score (nSPS) is 11.5. The summed E-state index contributed by atoms with van der Waals surface area (Å²) in [6, 6.07) is 2.88. The highest BCUT2D eigenvalue weighted by atomic mass is 32.2. The summed E-state index contributed by atoms with van der Waals surface area (Å²) in [4.78, 5) is 10.8. The molecule has 0 heterocycles. The van der Waals surface area contributed by atoms with E-state index < -0.39 is 22.5 Å². The third kappa shape index (κ3) is 3.64. The highest BCUT2D eigenvalue weighted by molar-refractivity contribution is 7.89. The summed E-state index contributed by atoms with van der Waals surface area (Å²) in [6.45, 7) is 2.66. The molecule has 0 aliphatic rings. The minimum absolute atomic E-state index is 0.00301. The summed E-state index contributed by atoms with van der Waals surface area (Å²) in [5, 5.41) is 8.83. The molecule has 0 atom stereocenters. The fourth-order valence-electron chi connectivity index (χ4n) is 1.90. The Balaban J connectivity index is 3.40. The van der Waals surface area contributed by atoms with E-state index in [0.717, 1.165) is 4.31 Å². The van der Waals surface area contributed by atoms with Gasteiger partial charge in [0.25, 0.3) is 0 Å². The predicted octanol–water partition coefficient (Wildman–Crippen LogP) is 1.11. The summed E-state index contributed by atoms with van der Waals surface area (Å²) in [5.74, 6) is -0.526. The standard InChI is InChI=1S/C13H19NO6S/c1-5-14(8-13(15)16)21(17,18)12-7-11(20-4)10(19-3)6-9(12)2/h6-7H,5,8H2,1-4H3,(H,15,16). The number of sulfonamides is 1. The molecule has 21 heavy (non-hydrogen) atoms. The molecule has 0 spiro atoms. The lowest BCUT2D eigenvalue weighted by molar-refractivity contribution is -0.137. The van der Waals surface area contributed by atoms with Crippen molar-refractivity contribution in [2.24, 2.45) is 0 Å². The van der Waals surface area contributed by atoms with Gasteiger partial charge in [0.1, 0.15) is 6.54 Å². The van der Waals surface area contributed by atoms with Crippen LogP contribution in [0.5, 0.6) is 11.5 Å². The first-order valence-electron chi connectivity index (χ1n) is 6.22. The average Bonchev–Trinajstić information content (AvgIpc) is 2.43. The maximum atomic E-state index is 12.6. The van der Waals surface area contributed by atoms with Crippen molar-refractivity contribution in [3.05, 3.63) is 17.7 Å². The second-order valence-electron chi connectivity index (χ2n) is 4.30. The van der Waals surface area contributed by atoms with Crippen LogP contribution in [-0.2, 0) is 14.8 Å². The number of likely N-dealkylation sites (N-methyl/N-ethyl adjacent to an activating group) is 1. The largest absolute Gasteiger partial charge is 0.493 e. The van der Waals surface area contributed by atoms with Crippen LogP contribution in [0, 0.1) is 6.92 Å². The second kappa shape index (κ2) is 6.77. The Bertz CT molecular complexity index is 626. The van der Waals surface area contributed by atoms with Crippen LogP contribution in [0.4, 0.5) is 0 Å². The first kappa shape index (κ1) is 17.3. The van der Waals surface area contributed by atoms with Crippen LogP contribution in [0.25, 0.3) is 0 Å². The van der Waals surface area contributed by atoms with Crippen molar-refractivity contribution >= 4 is 16.0 Å². The predicted molar refractivity (Wildman–Crippen MR) is 76.4 cm³/mol. The van der Waals surface area contributed by atoms with E-state index in [9.17, 15) is 13.2 Å². The van der Waals surface area contributed by atoms with Crippen LogP contribution in [0.2, 0.25) is 0 Å². The number of rotatable bonds is 7. The van der Waals surface area contributed by atoms with Crippen molar-refractivity contribution < 1.29 is 27.8 Å². The molecule has 0 aliphatic carbocycles. The second-order valence-corrected chi connectivity index (χ2v) is 6.20. The van der Waals surface area contributed by atoms with E-state index in [1.807, 2.05) is 0 Å². The molecule has 0 fully saturated rings. The first-order chi connectivity index (χ1) is 9.77. The molecule has 0 unspecified atom stereocenters. The number of ether oxygens (including phenoxy) is 2. The zero-order valence-corrected chi connectivity index (χ0v) is 13.2. The Morgan fingerprint density at radius 1 is 1.24 bits per heavy atom. The SMILES string of the molecule is CCN(CC(=O)O)S(=O)(=O)c1cc(OC)c(OC)cc1C. The molecule has 118 valence electrons. The molecule has 1 aromatic carbocycles. The molecular formula is C13H19NO6S. The van der Waals surface area contributed by atoms with Gasteiger partial charge in [0.05, 0.1) is 19.1 Å². The Morgan fingerprint density at radius 3 is 2.19 bits per heavy atom. The first-order valence-corrected chi connectivity index (χ1v) is 7.66.